The third-order valence-corrected chi connectivity index (χ3v) is 2.66. The molecule has 1 aromatic carbocycles. The SMILES string of the molecule is Cc1ccncc1C(=O)Cc1cccc(N)c1. The maximum absolute atomic E-state index is 12.1. The molecule has 0 unspecified atom stereocenters. The Hall–Kier alpha value is -2.16. The Morgan fingerprint density at radius 3 is 2.88 bits per heavy atom. The van der Waals surface area contributed by atoms with Gasteiger partial charge in [0.2, 0.25) is 0 Å². The average Bonchev–Trinajstić information content (AvgIpc) is 2.29. The van der Waals surface area contributed by atoms with Gasteiger partial charge in [-0.2, -0.15) is 0 Å². The molecular weight excluding hydrogens is 212 g/mol. The highest BCUT2D eigenvalue weighted by Crippen LogP contribution is 2.12. The first-order valence-corrected chi connectivity index (χ1v) is 5.45. The standard InChI is InChI=1S/C14H14N2O/c1-10-5-6-16-9-13(10)14(17)8-11-3-2-4-12(15)7-11/h2-7,9H,8,15H2,1H3. The van der Waals surface area contributed by atoms with Crippen LogP contribution in [0.4, 0.5) is 5.69 Å². The smallest absolute Gasteiger partial charge is 0.169 e. The molecule has 1 aromatic heterocycles. The number of rotatable bonds is 3. The van der Waals surface area contributed by atoms with Crippen LogP contribution in [0.25, 0.3) is 0 Å². The normalized spacial score (nSPS) is 10.2. The Labute approximate surface area is 100 Å². The number of aryl methyl sites for hydroxylation is 1. The summed E-state index contributed by atoms with van der Waals surface area (Å²) in [6, 6.07) is 9.23. The molecule has 0 fully saturated rings. The fourth-order valence-corrected chi connectivity index (χ4v) is 1.74. The third kappa shape index (κ3) is 2.69. The van der Waals surface area contributed by atoms with E-state index in [1.807, 2.05) is 37.3 Å². The number of anilines is 1. The van der Waals surface area contributed by atoms with E-state index in [-0.39, 0.29) is 5.78 Å². The Morgan fingerprint density at radius 2 is 2.18 bits per heavy atom. The van der Waals surface area contributed by atoms with E-state index < -0.39 is 0 Å². The molecular formula is C14H14N2O. The van der Waals surface area contributed by atoms with Gasteiger partial charge in [0.1, 0.15) is 0 Å². The summed E-state index contributed by atoms with van der Waals surface area (Å²) in [4.78, 5) is 16.0. The molecule has 0 amide bonds. The van der Waals surface area contributed by atoms with Gasteiger partial charge in [0, 0.05) is 30.1 Å². The van der Waals surface area contributed by atoms with Crippen molar-refractivity contribution in [2.24, 2.45) is 0 Å². The third-order valence-electron chi connectivity index (χ3n) is 2.66. The summed E-state index contributed by atoms with van der Waals surface area (Å²) < 4.78 is 0. The number of nitrogens with zero attached hydrogens (tertiary/aromatic N) is 1. The minimum atomic E-state index is 0.0706. The second-order valence-electron chi connectivity index (χ2n) is 4.04. The van der Waals surface area contributed by atoms with Crippen molar-refractivity contribution in [2.45, 2.75) is 13.3 Å². The van der Waals surface area contributed by atoms with Crippen LogP contribution in [-0.2, 0) is 6.42 Å². The van der Waals surface area contributed by atoms with Crippen LogP contribution in [0.5, 0.6) is 0 Å². The zero-order valence-electron chi connectivity index (χ0n) is 9.68. The van der Waals surface area contributed by atoms with Gasteiger partial charge in [-0.1, -0.05) is 12.1 Å². The van der Waals surface area contributed by atoms with Gasteiger partial charge in [0.25, 0.3) is 0 Å². The molecule has 0 saturated carbocycles. The fraction of sp³-hybridized carbons (Fsp3) is 0.143. The van der Waals surface area contributed by atoms with E-state index in [9.17, 15) is 4.79 Å². The lowest BCUT2D eigenvalue weighted by Gasteiger charge is -2.04. The van der Waals surface area contributed by atoms with E-state index in [1.54, 1.807) is 12.4 Å². The van der Waals surface area contributed by atoms with Gasteiger partial charge in [-0.25, -0.2) is 0 Å². The molecule has 2 aromatic rings. The van der Waals surface area contributed by atoms with Gasteiger partial charge in [-0.3, -0.25) is 9.78 Å². The maximum Gasteiger partial charge on any atom is 0.169 e. The molecule has 17 heavy (non-hydrogen) atoms. The summed E-state index contributed by atoms with van der Waals surface area (Å²) in [6.45, 7) is 1.91. The van der Waals surface area contributed by atoms with Crippen LogP contribution in [0.15, 0.2) is 42.7 Å². The lowest BCUT2D eigenvalue weighted by molar-refractivity contribution is 0.0992. The first kappa shape index (κ1) is 11.3. The van der Waals surface area contributed by atoms with Crippen LogP contribution in [0, 0.1) is 6.92 Å². The van der Waals surface area contributed by atoms with Gasteiger partial charge in [-0.15, -0.1) is 0 Å². The number of hydrogen-bond acceptors (Lipinski definition) is 3. The minimum Gasteiger partial charge on any atom is -0.399 e. The molecule has 0 aliphatic rings. The van der Waals surface area contributed by atoms with Crippen LogP contribution in [-0.4, -0.2) is 10.8 Å². The van der Waals surface area contributed by atoms with E-state index in [2.05, 4.69) is 4.98 Å². The monoisotopic (exact) mass is 226 g/mol. The van der Waals surface area contributed by atoms with Gasteiger partial charge >= 0.3 is 0 Å². The summed E-state index contributed by atoms with van der Waals surface area (Å²) in [5.74, 6) is 0.0706. The Bertz CT molecular complexity index is 549. The van der Waals surface area contributed by atoms with Crippen LogP contribution >= 0.6 is 0 Å². The molecule has 2 N–H and O–H groups in total. The zero-order chi connectivity index (χ0) is 12.3. The topological polar surface area (TPSA) is 56.0 Å². The minimum absolute atomic E-state index is 0.0706. The molecule has 0 aliphatic heterocycles. The molecule has 0 spiro atoms. The lowest BCUT2D eigenvalue weighted by atomic mass is 10.0. The van der Waals surface area contributed by atoms with E-state index in [0.29, 0.717) is 17.7 Å². The quantitative estimate of drug-likeness (QED) is 0.645. The van der Waals surface area contributed by atoms with Gasteiger partial charge in [-0.05, 0) is 36.2 Å². The number of aromatic nitrogens is 1. The Morgan fingerprint density at radius 1 is 1.35 bits per heavy atom. The highest BCUT2D eigenvalue weighted by atomic mass is 16.1. The second-order valence-corrected chi connectivity index (χ2v) is 4.04. The summed E-state index contributed by atoms with van der Waals surface area (Å²) in [5.41, 5.74) is 8.92. The van der Waals surface area contributed by atoms with Crippen LogP contribution < -0.4 is 5.73 Å². The van der Waals surface area contributed by atoms with E-state index in [0.717, 1.165) is 11.1 Å². The first-order chi connectivity index (χ1) is 8.16. The molecule has 0 aliphatic carbocycles. The molecule has 2 rings (SSSR count). The molecule has 86 valence electrons. The number of ketones is 1. The maximum atomic E-state index is 12.1. The number of pyridine rings is 1. The zero-order valence-corrected chi connectivity index (χ0v) is 9.68. The largest absolute Gasteiger partial charge is 0.399 e. The molecule has 0 saturated heterocycles. The van der Waals surface area contributed by atoms with Crippen molar-refractivity contribution in [2.75, 3.05) is 5.73 Å². The first-order valence-electron chi connectivity index (χ1n) is 5.45. The summed E-state index contributed by atoms with van der Waals surface area (Å²) in [6.07, 6.45) is 3.66. The Kier molecular flexibility index (Phi) is 3.19. The van der Waals surface area contributed by atoms with Crippen molar-refractivity contribution in [3.05, 3.63) is 59.4 Å². The summed E-state index contributed by atoms with van der Waals surface area (Å²) in [7, 11) is 0. The number of carbonyl (C=O) groups excluding carboxylic acids is 1. The van der Waals surface area contributed by atoms with Crippen molar-refractivity contribution in [1.29, 1.82) is 0 Å². The molecule has 0 bridgehead atoms. The van der Waals surface area contributed by atoms with Crippen molar-refractivity contribution in [3.8, 4) is 0 Å². The van der Waals surface area contributed by atoms with Crippen LogP contribution in [0.3, 0.4) is 0 Å². The van der Waals surface area contributed by atoms with Crippen molar-refractivity contribution >= 4 is 11.5 Å². The van der Waals surface area contributed by atoms with Crippen LogP contribution in [0.2, 0.25) is 0 Å². The number of carbonyl (C=O) groups is 1. The summed E-state index contributed by atoms with van der Waals surface area (Å²) >= 11 is 0. The van der Waals surface area contributed by atoms with Crippen molar-refractivity contribution in [3.63, 3.8) is 0 Å². The molecule has 0 atom stereocenters. The highest BCUT2D eigenvalue weighted by molar-refractivity contribution is 5.98. The van der Waals surface area contributed by atoms with Gasteiger partial charge < -0.3 is 5.73 Å². The van der Waals surface area contributed by atoms with E-state index in [1.165, 1.54) is 0 Å². The number of nitrogen functional groups attached to an aromatic ring is 1. The second kappa shape index (κ2) is 4.78. The number of nitrogens with two attached hydrogens (primary N) is 1. The van der Waals surface area contributed by atoms with Crippen LogP contribution in [0.1, 0.15) is 21.5 Å². The number of Topliss-reactive ketones (excluding diaryl/α,β-unsaturated/α-hetero) is 1. The average molecular weight is 226 g/mol. The summed E-state index contributed by atoms with van der Waals surface area (Å²) in [5, 5.41) is 0. The van der Waals surface area contributed by atoms with Crippen molar-refractivity contribution < 1.29 is 4.79 Å². The molecule has 3 nitrogen and oxygen atoms in total. The Balaban J connectivity index is 2.20. The lowest BCUT2D eigenvalue weighted by Crippen LogP contribution is -2.06. The fourth-order valence-electron chi connectivity index (χ4n) is 1.74. The predicted octanol–water partition coefficient (Wildman–Crippen LogP) is 2.40. The van der Waals surface area contributed by atoms with E-state index in [4.69, 9.17) is 5.73 Å². The molecule has 1 heterocycles. The highest BCUT2D eigenvalue weighted by Gasteiger charge is 2.09. The molecule has 0 radical (unpaired) electrons. The number of benzene rings is 1. The number of hydrogen-bond donors (Lipinski definition) is 1. The predicted molar refractivity (Wildman–Crippen MR) is 67.9 cm³/mol. The van der Waals surface area contributed by atoms with Crippen molar-refractivity contribution in [1.82, 2.24) is 4.98 Å². The van der Waals surface area contributed by atoms with E-state index >= 15 is 0 Å². The van der Waals surface area contributed by atoms with Gasteiger partial charge in [0.15, 0.2) is 5.78 Å². The molecule has 3 heteroatoms. The van der Waals surface area contributed by atoms with Gasteiger partial charge in [0.05, 0.1) is 0 Å².